The lowest BCUT2D eigenvalue weighted by Gasteiger charge is -2.27. The Balaban J connectivity index is 2.02. The molecule has 0 amide bonds. The summed E-state index contributed by atoms with van der Waals surface area (Å²) in [5, 5.41) is 0. The van der Waals surface area contributed by atoms with Gasteiger partial charge in [0, 0.05) is 24.4 Å². The molecule has 3 aromatic carbocycles. The fraction of sp³-hybridized carbons (Fsp3) is 0.308. The third-order valence-electron chi connectivity index (χ3n) is 5.48. The molecule has 0 aliphatic rings. The van der Waals surface area contributed by atoms with Crippen LogP contribution in [0.15, 0.2) is 70.5 Å². The Kier molecular flexibility index (Phi) is 8.40. The second-order valence-corrected chi connectivity index (χ2v) is 12.9. The van der Waals surface area contributed by atoms with Crippen LogP contribution in [0.25, 0.3) is 0 Å². The zero-order chi connectivity index (χ0) is 26.7. The number of nitrogens with one attached hydrogen (secondary N) is 1. The minimum Gasteiger partial charge on any atom is -0.487 e. The maximum Gasteiger partial charge on any atom is 0.264 e. The standard InChI is InChI=1S/C26H30F2N2O4S2/c1-5-19-6-10-22(11-7-19)30(16-18(2)3)36(32,33)23-12-13-25(26(15-23)35(4,29)31)34-17-20-8-9-21(27)14-24(20)28/h6-15,18,29H,5,16-17H2,1-4H3. The van der Waals surface area contributed by atoms with E-state index in [1.54, 1.807) is 12.1 Å². The van der Waals surface area contributed by atoms with Crippen molar-refractivity contribution in [1.29, 1.82) is 4.78 Å². The third-order valence-corrected chi connectivity index (χ3v) is 8.43. The van der Waals surface area contributed by atoms with Crippen molar-refractivity contribution in [3.8, 4) is 5.75 Å². The van der Waals surface area contributed by atoms with Crippen molar-refractivity contribution in [2.75, 3.05) is 17.1 Å². The summed E-state index contributed by atoms with van der Waals surface area (Å²) in [7, 11) is -7.50. The van der Waals surface area contributed by atoms with Gasteiger partial charge in [-0.25, -0.2) is 26.2 Å². The predicted molar refractivity (Wildman–Crippen MR) is 137 cm³/mol. The van der Waals surface area contributed by atoms with E-state index >= 15 is 0 Å². The highest BCUT2D eigenvalue weighted by atomic mass is 32.2. The highest BCUT2D eigenvalue weighted by Crippen LogP contribution is 2.32. The first-order valence-corrected chi connectivity index (χ1v) is 14.8. The van der Waals surface area contributed by atoms with E-state index < -0.39 is 31.4 Å². The normalized spacial score (nSPS) is 13.4. The van der Waals surface area contributed by atoms with Gasteiger partial charge in [-0.3, -0.25) is 4.31 Å². The lowest BCUT2D eigenvalue weighted by molar-refractivity contribution is 0.291. The van der Waals surface area contributed by atoms with E-state index in [1.807, 2.05) is 32.9 Å². The Morgan fingerprint density at radius 1 is 0.972 bits per heavy atom. The maximum absolute atomic E-state index is 14.0. The first-order valence-electron chi connectivity index (χ1n) is 11.4. The van der Waals surface area contributed by atoms with Crippen molar-refractivity contribution in [2.45, 2.75) is 43.6 Å². The van der Waals surface area contributed by atoms with E-state index in [2.05, 4.69) is 0 Å². The van der Waals surface area contributed by atoms with E-state index in [-0.39, 0.29) is 40.2 Å². The molecule has 3 rings (SSSR count). The fourth-order valence-electron chi connectivity index (χ4n) is 3.57. The molecule has 0 heterocycles. The number of benzene rings is 3. The first kappa shape index (κ1) is 27.6. The molecule has 1 N–H and O–H groups in total. The Bertz CT molecular complexity index is 1440. The highest BCUT2D eigenvalue weighted by Gasteiger charge is 2.28. The van der Waals surface area contributed by atoms with E-state index in [1.165, 1.54) is 28.6 Å². The van der Waals surface area contributed by atoms with Gasteiger partial charge in [0.15, 0.2) is 0 Å². The number of ether oxygens (including phenoxy) is 1. The van der Waals surface area contributed by atoms with E-state index in [0.29, 0.717) is 5.69 Å². The highest BCUT2D eigenvalue weighted by molar-refractivity contribution is 7.93. The van der Waals surface area contributed by atoms with Crippen LogP contribution in [0, 0.1) is 22.3 Å². The fourth-order valence-corrected chi connectivity index (χ4v) is 6.16. The Morgan fingerprint density at radius 3 is 2.19 bits per heavy atom. The molecule has 1 unspecified atom stereocenters. The van der Waals surface area contributed by atoms with Crippen LogP contribution >= 0.6 is 0 Å². The molecule has 0 bridgehead atoms. The number of rotatable bonds is 10. The summed E-state index contributed by atoms with van der Waals surface area (Å²) in [5.74, 6) is -1.53. The van der Waals surface area contributed by atoms with Gasteiger partial charge in [0.25, 0.3) is 10.0 Å². The molecule has 0 aromatic heterocycles. The lowest BCUT2D eigenvalue weighted by atomic mass is 10.1. The summed E-state index contributed by atoms with van der Waals surface area (Å²) in [6.45, 7) is 5.72. The number of hydrogen-bond acceptors (Lipinski definition) is 5. The van der Waals surface area contributed by atoms with Gasteiger partial charge in [0.2, 0.25) is 0 Å². The molecule has 0 spiro atoms. The lowest BCUT2D eigenvalue weighted by Crippen LogP contribution is -2.34. The van der Waals surface area contributed by atoms with Gasteiger partial charge in [0.05, 0.1) is 25.2 Å². The molecule has 1 atom stereocenters. The van der Waals surface area contributed by atoms with Gasteiger partial charge in [-0.2, -0.15) is 0 Å². The van der Waals surface area contributed by atoms with Crippen molar-refractivity contribution < 1.29 is 26.1 Å². The molecular weight excluding hydrogens is 506 g/mol. The van der Waals surface area contributed by atoms with Crippen LogP contribution < -0.4 is 9.04 Å². The number of anilines is 1. The summed E-state index contributed by atoms with van der Waals surface area (Å²) < 4.78 is 82.4. The summed E-state index contributed by atoms with van der Waals surface area (Å²) in [4.78, 5) is -0.267. The topological polar surface area (TPSA) is 87.5 Å². The van der Waals surface area contributed by atoms with Gasteiger partial charge < -0.3 is 4.74 Å². The average Bonchev–Trinajstić information content (AvgIpc) is 2.81. The van der Waals surface area contributed by atoms with Gasteiger partial charge in [-0.1, -0.05) is 32.9 Å². The number of hydrogen-bond donors (Lipinski definition) is 1. The third kappa shape index (κ3) is 6.41. The smallest absolute Gasteiger partial charge is 0.264 e. The summed E-state index contributed by atoms with van der Waals surface area (Å²) >= 11 is 0. The van der Waals surface area contributed by atoms with Crippen LogP contribution in [0.1, 0.15) is 31.9 Å². The molecule has 3 aromatic rings. The van der Waals surface area contributed by atoms with Crippen LogP contribution in [0.2, 0.25) is 0 Å². The molecule has 0 saturated carbocycles. The van der Waals surface area contributed by atoms with Crippen molar-refractivity contribution in [3.63, 3.8) is 0 Å². The SMILES string of the molecule is CCc1ccc(N(CC(C)C)S(=O)(=O)c2ccc(OCc3ccc(F)cc3F)c(S(C)(=N)=O)c2)cc1. The van der Waals surface area contributed by atoms with Gasteiger partial charge in [-0.15, -0.1) is 0 Å². The average molecular weight is 537 g/mol. The molecule has 10 heteroatoms. The first-order chi connectivity index (χ1) is 16.8. The second-order valence-electron chi connectivity index (χ2n) is 8.93. The van der Waals surface area contributed by atoms with Gasteiger partial charge in [0.1, 0.15) is 24.0 Å². The largest absolute Gasteiger partial charge is 0.487 e. The van der Waals surface area contributed by atoms with Gasteiger partial charge in [-0.05, 0) is 60.4 Å². The number of nitrogens with zero attached hydrogens (tertiary/aromatic N) is 1. The second kappa shape index (κ2) is 11.0. The summed E-state index contributed by atoms with van der Waals surface area (Å²) in [6, 6.07) is 14.1. The molecule has 0 fully saturated rings. The van der Waals surface area contributed by atoms with Crippen molar-refractivity contribution in [2.24, 2.45) is 5.92 Å². The predicted octanol–water partition coefficient (Wildman–Crippen LogP) is 5.99. The van der Waals surface area contributed by atoms with E-state index in [0.717, 1.165) is 30.4 Å². The number of halogens is 2. The minimum atomic E-state index is -4.08. The van der Waals surface area contributed by atoms with E-state index in [9.17, 15) is 21.4 Å². The Hall–Kier alpha value is -2.98. The molecule has 0 radical (unpaired) electrons. The van der Waals surface area contributed by atoms with E-state index in [4.69, 9.17) is 9.52 Å². The molecule has 36 heavy (non-hydrogen) atoms. The van der Waals surface area contributed by atoms with Crippen LogP contribution in [0.3, 0.4) is 0 Å². The van der Waals surface area contributed by atoms with Crippen LogP contribution in [0.5, 0.6) is 5.75 Å². The van der Waals surface area contributed by atoms with Gasteiger partial charge >= 0.3 is 0 Å². The maximum atomic E-state index is 14.0. The van der Waals surface area contributed by atoms with Crippen LogP contribution in [-0.2, 0) is 32.8 Å². The Morgan fingerprint density at radius 2 is 1.64 bits per heavy atom. The van der Waals surface area contributed by atoms with Crippen molar-refractivity contribution in [3.05, 3.63) is 83.4 Å². The van der Waals surface area contributed by atoms with Crippen LogP contribution in [0.4, 0.5) is 14.5 Å². The zero-order valence-electron chi connectivity index (χ0n) is 20.6. The molecule has 6 nitrogen and oxygen atoms in total. The van der Waals surface area contributed by atoms with Crippen molar-refractivity contribution >= 4 is 25.4 Å². The summed E-state index contributed by atoms with van der Waals surface area (Å²) in [6.07, 6.45) is 1.97. The quantitative estimate of drug-likeness (QED) is 0.345. The van der Waals surface area contributed by atoms with Crippen molar-refractivity contribution in [1.82, 2.24) is 0 Å². The summed E-state index contributed by atoms with van der Waals surface area (Å²) in [5.41, 5.74) is 1.63. The monoisotopic (exact) mass is 536 g/mol. The molecule has 0 saturated heterocycles. The molecule has 0 aliphatic carbocycles. The minimum absolute atomic E-state index is 0.0112. The molecule has 194 valence electrons. The van der Waals surface area contributed by atoms with Crippen LogP contribution in [-0.4, -0.2) is 25.4 Å². The molecular formula is C26H30F2N2O4S2. The molecule has 0 aliphatic heterocycles. The number of aryl methyl sites for hydroxylation is 1. The zero-order valence-corrected chi connectivity index (χ0v) is 22.3. The Labute approximate surface area is 211 Å². The number of sulfonamides is 1.